The smallest absolute Gasteiger partial charge is 0.326 e. The molecule has 0 radical (unpaired) electrons. The monoisotopic (exact) mass is 341 g/mol. The molecular weight excluding hydrogens is 310 g/mol. The summed E-state index contributed by atoms with van der Waals surface area (Å²) in [5.74, 6) is -1.49. The van der Waals surface area contributed by atoms with Crippen LogP contribution in [0.15, 0.2) is 0 Å². The van der Waals surface area contributed by atoms with Gasteiger partial charge in [0.2, 0.25) is 11.8 Å². The first kappa shape index (κ1) is 20.4. The molecule has 0 bridgehead atoms. The molecule has 0 saturated carbocycles. The van der Waals surface area contributed by atoms with Gasteiger partial charge in [-0.25, -0.2) is 4.79 Å². The summed E-state index contributed by atoms with van der Waals surface area (Å²) < 4.78 is 0. The number of nitrogens with one attached hydrogen (secondary N) is 1. The number of carbonyl (C=O) groups excluding carboxylic acids is 2. The highest BCUT2D eigenvalue weighted by molar-refractivity contribution is 5.92. The molecule has 0 aromatic heterocycles. The summed E-state index contributed by atoms with van der Waals surface area (Å²) in [4.78, 5) is 37.9. The van der Waals surface area contributed by atoms with Crippen LogP contribution in [0.25, 0.3) is 0 Å². The molecule has 1 fully saturated rings. The minimum Gasteiger partial charge on any atom is -0.480 e. The predicted molar refractivity (Wildman–Crippen MR) is 91.2 cm³/mol. The summed E-state index contributed by atoms with van der Waals surface area (Å²) in [6, 6.07) is -2.19. The molecule has 24 heavy (non-hydrogen) atoms. The van der Waals surface area contributed by atoms with Crippen LogP contribution in [-0.4, -0.2) is 52.5 Å². The van der Waals surface area contributed by atoms with Crippen molar-refractivity contribution in [2.24, 2.45) is 17.6 Å². The highest BCUT2D eigenvalue weighted by Gasteiger charge is 2.38. The highest BCUT2D eigenvalue weighted by Crippen LogP contribution is 2.21. The first-order valence-electron chi connectivity index (χ1n) is 8.78. The summed E-state index contributed by atoms with van der Waals surface area (Å²) in [5.41, 5.74) is 6.01. The third-order valence-electron chi connectivity index (χ3n) is 4.70. The Labute approximate surface area is 144 Å². The van der Waals surface area contributed by atoms with Gasteiger partial charge in [-0.2, -0.15) is 0 Å². The molecule has 1 saturated heterocycles. The lowest BCUT2D eigenvalue weighted by atomic mass is 9.98. The van der Waals surface area contributed by atoms with Crippen molar-refractivity contribution >= 4 is 17.8 Å². The molecule has 4 N–H and O–H groups in total. The van der Waals surface area contributed by atoms with Gasteiger partial charge in [0.05, 0.1) is 6.04 Å². The number of hydrogen-bond acceptors (Lipinski definition) is 4. The van der Waals surface area contributed by atoms with Crippen molar-refractivity contribution < 1.29 is 19.5 Å². The SMILES string of the molecule is CCC(C)C(N)C(=O)N1CCCC1C(=O)NC(CC(C)C)C(=O)O. The molecule has 0 aliphatic carbocycles. The van der Waals surface area contributed by atoms with E-state index >= 15 is 0 Å². The number of nitrogens with zero attached hydrogens (tertiary/aromatic N) is 1. The fourth-order valence-corrected chi connectivity index (χ4v) is 2.95. The molecule has 1 rings (SSSR count). The van der Waals surface area contributed by atoms with E-state index in [0.717, 1.165) is 12.8 Å². The Balaban J connectivity index is 2.78. The zero-order chi connectivity index (χ0) is 18.4. The van der Waals surface area contributed by atoms with Crippen molar-refractivity contribution in [3.8, 4) is 0 Å². The van der Waals surface area contributed by atoms with Crippen LogP contribution in [0.5, 0.6) is 0 Å². The highest BCUT2D eigenvalue weighted by atomic mass is 16.4. The second kappa shape index (κ2) is 9.01. The van der Waals surface area contributed by atoms with Gasteiger partial charge in [0.15, 0.2) is 0 Å². The molecule has 4 atom stereocenters. The van der Waals surface area contributed by atoms with Crippen LogP contribution in [-0.2, 0) is 14.4 Å². The Kier molecular flexibility index (Phi) is 7.66. The number of aliphatic carboxylic acids is 1. The largest absolute Gasteiger partial charge is 0.480 e. The maximum absolute atomic E-state index is 12.6. The van der Waals surface area contributed by atoms with E-state index in [1.807, 2.05) is 27.7 Å². The van der Waals surface area contributed by atoms with Crippen LogP contribution in [0.4, 0.5) is 0 Å². The van der Waals surface area contributed by atoms with Crippen molar-refractivity contribution in [1.82, 2.24) is 10.2 Å². The molecule has 2 amide bonds. The van der Waals surface area contributed by atoms with Crippen molar-refractivity contribution in [2.75, 3.05) is 6.54 Å². The second-order valence-corrected chi connectivity index (χ2v) is 7.13. The number of rotatable bonds is 8. The zero-order valence-corrected chi connectivity index (χ0v) is 15.1. The average molecular weight is 341 g/mol. The number of hydrogen-bond donors (Lipinski definition) is 3. The lowest BCUT2D eigenvalue weighted by molar-refractivity contribution is -0.144. The second-order valence-electron chi connectivity index (χ2n) is 7.13. The Morgan fingerprint density at radius 2 is 1.92 bits per heavy atom. The minimum absolute atomic E-state index is 0.0366. The van der Waals surface area contributed by atoms with Gasteiger partial charge in [-0.05, 0) is 31.1 Å². The molecule has 0 aromatic rings. The summed E-state index contributed by atoms with van der Waals surface area (Å²) in [6.45, 7) is 8.17. The van der Waals surface area contributed by atoms with E-state index in [0.29, 0.717) is 19.4 Å². The van der Waals surface area contributed by atoms with Gasteiger partial charge >= 0.3 is 5.97 Å². The molecule has 0 aromatic carbocycles. The van der Waals surface area contributed by atoms with Gasteiger partial charge in [0, 0.05) is 6.54 Å². The Hall–Kier alpha value is -1.63. The third kappa shape index (κ3) is 5.19. The Morgan fingerprint density at radius 3 is 2.42 bits per heavy atom. The normalized spacial score (nSPS) is 21.4. The number of nitrogens with two attached hydrogens (primary N) is 1. The first-order valence-corrected chi connectivity index (χ1v) is 8.78. The van der Waals surface area contributed by atoms with Crippen LogP contribution in [0.2, 0.25) is 0 Å². The van der Waals surface area contributed by atoms with E-state index in [9.17, 15) is 19.5 Å². The fraction of sp³-hybridized carbons (Fsp3) is 0.824. The molecule has 1 aliphatic heterocycles. The van der Waals surface area contributed by atoms with Gasteiger partial charge < -0.3 is 21.1 Å². The van der Waals surface area contributed by atoms with E-state index in [-0.39, 0.29) is 17.7 Å². The molecule has 7 heteroatoms. The standard InChI is InChI=1S/C17H31N3O4/c1-5-11(4)14(18)16(22)20-8-6-7-13(20)15(21)19-12(17(23)24)9-10(2)3/h10-14H,5-9,18H2,1-4H3,(H,19,21)(H,23,24). The van der Waals surface area contributed by atoms with Crippen molar-refractivity contribution in [3.05, 3.63) is 0 Å². The first-order chi connectivity index (χ1) is 11.2. The average Bonchev–Trinajstić information content (AvgIpc) is 3.00. The molecule has 7 nitrogen and oxygen atoms in total. The third-order valence-corrected chi connectivity index (χ3v) is 4.70. The van der Waals surface area contributed by atoms with Gasteiger partial charge in [0.1, 0.15) is 12.1 Å². The maximum Gasteiger partial charge on any atom is 0.326 e. The Bertz CT molecular complexity index is 467. The Morgan fingerprint density at radius 1 is 1.29 bits per heavy atom. The lowest BCUT2D eigenvalue weighted by Gasteiger charge is -2.29. The summed E-state index contributed by atoms with van der Waals surface area (Å²) in [7, 11) is 0. The summed E-state index contributed by atoms with van der Waals surface area (Å²) in [6.07, 6.45) is 2.40. The van der Waals surface area contributed by atoms with Gasteiger partial charge in [-0.1, -0.05) is 34.1 Å². The minimum atomic E-state index is -1.05. The lowest BCUT2D eigenvalue weighted by Crippen LogP contribution is -2.55. The predicted octanol–water partition coefficient (Wildman–Crippen LogP) is 0.966. The quantitative estimate of drug-likeness (QED) is 0.609. The molecule has 1 heterocycles. The van der Waals surface area contributed by atoms with E-state index in [4.69, 9.17) is 5.73 Å². The summed E-state index contributed by atoms with van der Waals surface area (Å²) >= 11 is 0. The number of carboxylic acid groups (broad SMARTS) is 1. The van der Waals surface area contributed by atoms with E-state index in [1.54, 1.807) is 0 Å². The zero-order valence-electron chi connectivity index (χ0n) is 15.1. The van der Waals surface area contributed by atoms with Crippen LogP contribution in [0.3, 0.4) is 0 Å². The van der Waals surface area contributed by atoms with E-state index in [2.05, 4.69) is 5.32 Å². The molecule has 0 spiro atoms. The van der Waals surface area contributed by atoms with Crippen molar-refractivity contribution in [1.29, 1.82) is 0 Å². The van der Waals surface area contributed by atoms with Crippen molar-refractivity contribution in [3.63, 3.8) is 0 Å². The number of amides is 2. The van der Waals surface area contributed by atoms with Crippen LogP contribution in [0.1, 0.15) is 53.4 Å². The maximum atomic E-state index is 12.6. The number of carbonyl (C=O) groups is 3. The van der Waals surface area contributed by atoms with Crippen LogP contribution < -0.4 is 11.1 Å². The molecule has 1 aliphatic rings. The van der Waals surface area contributed by atoms with Gasteiger partial charge in [-0.15, -0.1) is 0 Å². The fourth-order valence-electron chi connectivity index (χ4n) is 2.95. The van der Waals surface area contributed by atoms with Gasteiger partial charge in [0.25, 0.3) is 0 Å². The van der Waals surface area contributed by atoms with Crippen molar-refractivity contribution in [2.45, 2.75) is 71.5 Å². The van der Waals surface area contributed by atoms with Crippen LogP contribution in [0, 0.1) is 11.8 Å². The molecule has 4 unspecified atom stereocenters. The van der Waals surface area contributed by atoms with E-state index in [1.165, 1.54) is 4.90 Å². The topological polar surface area (TPSA) is 113 Å². The van der Waals surface area contributed by atoms with E-state index < -0.39 is 30.0 Å². The summed E-state index contributed by atoms with van der Waals surface area (Å²) in [5, 5.41) is 11.9. The molecule has 138 valence electrons. The molecular formula is C17H31N3O4. The van der Waals surface area contributed by atoms with Gasteiger partial charge in [-0.3, -0.25) is 9.59 Å². The number of likely N-dealkylation sites (tertiary alicyclic amines) is 1. The number of carboxylic acids is 1. The van der Waals surface area contributed by atoms with Crippen LogP contribution >= 0.6 is 0 Å².